The van der Waals surface area contributed by atoms with E-state index in [-0.39, 0.29) is 5.56 Å². The average molecular weight is 370 g/mol. The number of carbonyl (C=O) groups is 1. The van der Waals surface area contributed by atoms with Crippen LogP contribution in [-0.4, -0.2) is 29.4 Å². The minimum atomic E-state index is -1.50. The zero-order chi connectivity index (χ0) is 20.0. The van der Waals surface area contributed by atoms with Crippen LogP contribution < -0.4 is 5.46 Å². The van der Waals surface area contributed by atoms with Gasteiger partial charge in [-0.3, -0.25) is 4.79 Å². The maximum Gasteiger partial charge on any atom is 0.494 e. The highest BCUT2D eigenvalue weighted by atomic mass is 19.1. The Morgan fingerprint density at radius 1 is 1.00 bits per heavy atom. The van der Waals surface area contributed by atoms with Gasteiger partial charge in [0.2, 0.25) is 0 Å². The largest absolute Gasteiger partial charge is 0.494 e. The molecule has 1 heterocycles. The van der Waals surface area contributed by atoms with Crippen molar-refractivity contribution in [1.29, 1.82) is 0 Å². The van der Waals surface area contributed by atoms with Crippen molar-refractivity contribution in [2.75, 3.05) is 0 Å². The fourth-order valence-corrected chi connectivity index (χ4v) is 3.21. The molecule has 1 atom stereocenters. The molecule has 0 aliphatic carbocycles. The molecule has 1 N–H and O–H groups in total. The molecule has 1 aliphatic rings. The predicted molar refractivity (Wildman–Crippen MR) is 103 cm³/mol. The molecule has 0 radical (unpaired) electrons. The summed E-state index contributed by atoms with van der Waals surface area (Å²) < 4.78 is 26.4. The molecule has 1 unspecified atom stereocenters. The first kappa shape index (κ1) is 19.6. The number of carboxylic acids is 1. The number of benzene rings is 2. The van der Waals surface area contributed by atoms with Gasteiger partial charge in [-0.05, 0) is 51.7 Å². The van der Waals surface area contributed by atoms with Crippen LogP contribution >= 0.6 is 0 Å². The van der Waals surface area contributed by atoms with Crippen LogP contribution in [0.15, 0.2) is 48.5 Å². The van der Waals surface area contributed by atoms with E-state index in [0.29, 0.717) is 5.56 Å². The van der Waals surface area contributed by atoms with Crippen LogP contribution in [0.5, 0.6) is 0 Å². The van der Waals surface area contributed by atoms with Gasteiger partial charge in [0, 0.05) is 5.56 Å². The highest BCUT2D eigenvalue weighted by Crippen LogP contribution is 2.37. The Bertz CT molecular complexity index is 847. The summed E-state index contributed by atoms with van der Waals surface area (Å²) in [4.78, 5) is 12.1. The predicted octanol–water partition coefficient (Wildman–Crippen LogP) is 3.52. The smallest absolute Gasteiger partial charge is 0.480 e. The third-order valence-electron chi connectivity index (χ3n) is 5.85. The number of hydrogen-bond acceptors (Lipinski definition) is 3. The quantitative estimate of drug-likeness (QED) is 0.837. The lowest BCUT2D eigenvalue weighted by molar-refractivity contribution is -0.141. The van der Waals surface area contributed by atoms with Crippen molar-refractivity contribution in [2.24, 2.45) is 0 Å². The van der Waals surface area contributed by atoms with E-state index in [1.54, 1.807) is 36.4 Å². The van der Waals surface area contributed by atoms with Crippen molar-refractivity contribution < 1.29 is 23.6 Å². The number of halogens is 1. The van der Waals surface area contributed by atoms with Gasteiger partial charge in [-0.2, -0.15) is 0 Å². The molecular formula is C21H24BFO4. The minimum absolute atomic E-state index is 0.126. The van der Waals surface area contributed by atoms with Crippen LogP contribution in [0.1, 0.15) is 45.7 Å². The molecule has 0 amide bonds. The topological polar surface area (TPSA) is 55.8 Å². The highest BCUT2D eigenvalue weighted by molar-refractivity contribution is 6.62. The van der Waals surface area contributed by atoms with E-state index in [2.05, 4.69) is 0 Å². The molecule has 1 fully saturated rings. The third-order valence-corrected chi connectivity index (χ3v) is 5.85. The van der Waals surface area contributed by atoms with Crippen LogP contribution in [0.3, 0.4) is 0 Å². The number of aliphatic carboxylic acids is 1. The summed E-state index contributed by atoms with van der Waals surface area (Å²) in [5.74, 6) is -1.66. The Morgan fingerprint density at radius 2 is 1.52 bits per heavy atom. The normalized spacial score (nSPS) is 20.3. The van der Waals surface area contributed by atoms with Crippen LogP contribution in [0, 0.1) is 5.82 Å². The summed E-state index contributed by atoms with van der Waals surface area (Å²) in [7, 11) is -0.534. The van der Waals surface area contributed by atoms with Gasteiger partial charge < -0.3 is 14.4 Å². The fourth-order valence-electron chi connectivity index (χ4n) is 3.21. The Morgan fingerprint density at radius 3 is 2.00 bits per heavy atom. The molecule has 6 heteroatoms. The van der Waals surface area contributed by atoms with Gasteiger partial charge in [0.15, 0.2) is 0 Å². The number of rotatable bonds is 4. The molecule has 0 aromatic heterocycles. The van der Waals surface area contributed by atoms with Crippen LogP contribution in [0.2, 0.25) is 0 Å². The molecule has 4 nitrogen and oxygen atoms in total. The van der Waals surface area contributed by atoms with E-state index < -0.39 is 35.5 Å². The maximum atomic E-state index is 14.3. The average Bonchev–Trinajstić information content (AvgIpc) is 2.82. The lowest BCUT2D eigenvalue weighted by Gasteiger charge is -2.32. The van der Waals surface area contributed by atoms with Gasteiger partial charge >= 0.3 is 13.1 Å². The van der Waals surface area contributed by atoms with Gasteiger partial charge in [-0.25, -0.2) is 4.39 Å². The second-order valence-corrected chi connectivity index (χ2v) is 8.12. The Hall–Kier alpha value is -2.18. The van der Waals surface area contributed by atoms with Crippen molar-refractivity contribution in [1.82, 2.24) is 0 Å². The molecule has 0 bridgehead atoms. The molecule has 2 aromatic rings. The maximum absolute atomic E-state index is 14.3. The Balaban J connectivity index is 1.97. The molecule has 0 spiro atoms. The summed E-state index contributed by atoms with van der Waals surface area (Å²) in [5, 5.41) is 9.87. The van der Waals surface area contributed by atoms with E-state index >= 15 is 0 Å². The van der Waals surface area contributed by atoms with E-state index in [0.717, 1.165) is 5.46 Å². The van der Waals surface area contributed by atoms with Crippen molar-refractivity contribution in [3.05, 3.63) is 65.5 Å². The molecular weight excluding hydrogens is 346 g/mol. The second kappa shape index (κ2) is 6.46. The summed E-state index contributed by atoms with van der Waals surface area (Å²) in [6.45, 7) is 9.40. The summed E-state index contributed by atoms with van der Waals surface area (Å²) >= 11 is 0. The number of carboxylic acid groups (broad SMARTS) is 1. The molecule has 1 aliphatic heterocycles. The van der Waals surface area contributed by atoms with Crippen molar-refractivity contribution in [2.45, 2.75) is 51.2 Å². The first-order valence-corrected chi connectivity index (χ1v) is 8.93. The van der Waals surface area contributed by atoms with Gasteiger partial charge in [-0.15, -0.1) is 0 Å². The first-order valence-electron chi connectivity index (χ1n) is 8.93. The standard InChI is InChI=1S/C21H24BFO4/c1-19(2)20(3,4)27-22(26-19)15-12-10-14(11-13-15)21(5,18(24)25)16-8-6-7-9-17(16)23/h6-13H,1-5H3,(H,24,25). The minimum Gasteiger partial charge on any atom is -0.480 e. The van der Waals surface area contributed by atoms with E-state index in [1.165, 1.54) is 19.1 Å². The highest BCUT2D eigenvalue weighted by Gasteiger charge is 2.51. The van der Waals surface area contributed by atoms with Crippen LogP contribution in [0.4, 0.5) is 4.39 Å². The summed E-state index contributed by atoms with van der Waals surface area (Å²) in [6, 6.07) is 12.9. The zero-order valence-corrected chi connectivity index (χ0v) is 16.2. The third kappa shape index (κ3) is 3.17. The summed E-state index contributed by atoms with van der Waals surface area (Å²) in [5.41, 5.74) is -1.02. The second-order valence-electron chi connectivity index (χ2n) is 8.12. The van der Waals surface area contributed by atoms with Crippen LogP contribution in [0.25, 0.3) is 0 Å². The monoisotopic (exact) mass is 370 g/mol. The SMILES string of the molecule is CC(C(=O)O)(c1ccc(B2OC(C)(C)C(C)(C)O2)cc1)c1ccccc1F. The van der Waals surface area contributed by atoms with Crippen molar-refractivity contribution in [3.63, 3.8) is 0 Å². The van der Waals surface area contributed by atoms with E-state index in [1.807, 2.05) is 27.7 Å². The van der Waals surface area contributed by atoms with Crippen molar-refractivity contribution >= 4 is 18.6 Å². The Kier molecular flexibility index (Phi) is 4.69. The van der Waals surface area contributed by atoms with Crippen molar-refractivity contribution in [3.8, 4) is 0 Å². The molecule has 2 aromatic carbocycles. The van der Waals surface area contributed by atoms with Gasteiger partial charge in [0.1, 0.15) is 11.2 Å². The van der Waals surface area contributed by atoms with Gasteiger partial charge in [0.05, 0.1) is 11.2 Å². The number of hydrogen-bond donors (Lipinski definition) is 1. The van der Waals surface area contributed by atoms with Gasteiger partial charge in [-0.1, -0.05) is 42.5 Å². The first-order chi connectivity index (χ1) is 12.5. The molecule has 27 heavy (non-hydrogen) atoms. The van der Waals surface area contributed by atoms with E-state index in [9.17, 15) is 14.3 Å². The molecule has 0 saturated carbocycles. The lowest BCUT2D eigenvalue weighted by Crippen LogP contribution is -2.41. The van der Waals surface area contributed by atoms with E-state index in [4.69, 9.17) is 9.31 Å². The lowest BCUT2D eigenvalue weighted by atomic mass is 9.73. The van der Waals surface area contributed by atoms with Gasteiger partial charge in [0.25, 0.3) is 0 Å². The summed E-state index contributed by atoms with van der Waals surface area (Å²) in [6.07, 6.45) is 0. The Labute approximate surface area is 159 Å². The molecule has 142 valence electrons. The molecule has 3 rings (SSSR count). The molecule has 1 saturated heterocycles. The van der Waals surface area contributed by atoms with Crippen LogP contribution in [-0.2, 0) is 19.5 Å². The fraction of sp³-hybridized carbons (Fsp3) is 0.381. The zero-order valence-electron chi connectivity index (χ0n) is 16.2.